The molecule has 0 spiro atoms. The number of alkyl halides is 3. The van der Waals surface area contributed by atoms with Crippen LogP contribution in [0.4, 0.5) is 13.2 Å². The molecule has 2 N–H and O–H groups in total. The molecule has 2 aromatic carbocycles. The number of fused-ring (bicyclic) bond motifs is 1. The second-order valence-corrected chi connectivity index (χ2v) is 7.82. The van der Waals surface area contributed by atoms with Gasteiger partial charge in [-0.15, -0.1) is 0 Å². The van der Waals surface area contributed by atoms with Gasteiger partial charge in [0, 0.05) is 23.1 Å². The zero-order valence-electron chi connectivity index (χ0n) is 13.8. The summed E-state index contributed by atoms with van der Waals surface area (Å²) in [5.74, 6) is 0. The van der Waals surface area contributed by atoms with Gasteiger partial charge in [0.15, 0.2) is 0 Å². The van der Waals surface area contributed by atoms with Gasteiger partial charge in [0.05, 0.1) is 10.5 Å². The maximum absolute atomic E-state index is 12.6. The normalized spacial score (nSPS) is 13.8. The van der Waals surface area contributed by atoms with Crippen LogP contribution in [-0.2, 0) is 22.6 Å². The summed E-state index contributed by atoms with van der Waals surface area (Å²) in [6, 6.07) is 10.7. The maximum Gasteiger partial charge on any atom is 0.416 e. The van der Waals surface area contributed by atoms with Crippen molar-refractivity contribution in [2.24, 2.45) is 0 Å². The minimum atomic E-state index is -4.50. The molecule has 26 heavy (non-hydrogen) atoms. The second kappa shape index (κ2) is 6.77. The molecule has 0 amide bonds. The van der Waals surface area contributed by atoms with Crippen LogP contribution in [0, 0.1) is 0 Å². The van der Waals surface area contributed by atoms with Crippen molar-refractivity contribution in [3.05, 3.63) is 65.9 Å². The van der Waals surface area contributed by atoms with E-state index >= 15 is 0 Å². The smallest absolute Gasteiger partial charge is 0.361 e. The number of sulfonamides is 1. The first kappa shape index (κ1) is 18.5. The third-order valence-electron chi connectivity index (χ3n) is 4.05. The molecule has 0 aliphatic rings. The fourth-order valence-corrected chi connectivity index (χ4v) is 4.07. The summed E-state index contributed by atoms with van der Waals surface area (Å²) in [4.78, 5) is 2.93. The van der Waals surface area contributed by atoms with Crippen molar-refractivity contribution in [1.82, 2.24) is 9.71 Å². The maximum atomic E-state index is 12.6. The number of aromatic nitrogens is 1. The summed E-state index contributed by atoms with van der Waals surface area (Å²) in [5.41, 5.74) is 1.03. The van der Waals surface area contributed by atoms with Crippen molar-refractivity contribution in [2.75, 3.05) is 0 Å². The van der Waals surface area contributed by atoms with Crippen LogP contribution in [0.1, 0.15) is 18.1 Å². The minimum absolute atomic E-state index is 0.198. The van der Waals surface area contributed by atoms with E-state index in [-0.39, 0.29) is 4.90 Å². The van der Waals surface area contributed by atoms with Crippen LogP contribution in [0.15, 0.2) is 59.6 Å². The number of benzene rings is 2. The average molecular weight is 382 g/mol. The molecule has 0 aliphatic heterocycles. The molecule has 1 atom stereocenters. The molecule has 4 nitrogen and oxygen atoms in total. The van der Waals surface area contributed by atoms with Crippen LogP contribution in [0.3, 0.4) is 0 Å². The lowest BCUT2D eigenvalue weighted by atomic mass is 10.1. The van der Waals surface area contributed by atoms with E-state index < -0.39 is 27.8 Å². The predicted octanol–water partition coefficient (Wildman–Crippen LogP) is 4.10. The first-order valence-electron chi connectivity index (χ1n) is 7.91. The highest BCUT2D eigenvalue weighted by molar-refractivity contribution is 7.89. The van der Waals surface area contributed by atoms with E-state index in [9.17, 15) is 21.6 Å². The average Bonchev–Trinajstić information content (AvgIpc) is 2.97. The first-order valence-corrected chi connectivity index (χ1v) is 9.40. The Morgan fingerprint density at radius 2 is 1.73 bits per heavy atom. The highest BCUT2D eigenvalue weighted by Gasteiger charge is 2.30. The van der Waals surface area contributed by atoms with Gasteiger partial charge >= 0.3 is 6.18 Å². The van der Waals surface area contributed by atoms with Crippen LogP contribution in [0.5, 0.6) is 0 Å². The number of hydrogen-bond acceptors (Lipinski definition) is 2. The first-order chi connectivity index (χ1) is 12.2. The zero-order valence-corrected chi connectivity index (χ0v) is 14.7. The zero-order chi connectivity index (χ0) is 18.9. The highest BCUT2D eigenvalue weighted by atomic mass is 32.2. The largest absolute Gasteiger partial charge is 0.416 e. The molecule has 8 heteroatoms. The monoisotopic (exact) mass is 382 g/mol. The lowest BCUT2D eigenvalue weighted by Crippen LogP contribution is -2.34. The van der Waals surface area contributed by atoms with Gasteiger partial charge in [-0.1, -0.05) is 18.2 Å². The Morgan fingerprint density at radius 1 is 1.08 bits per heavy atom. The van der Waals surface area contributed by atoms with Gasteiger partial charge in [-0.2, -0.15) is 13.2 Å². The molecule has 0 saturated carbocycles. The van der Waals surface area contributed by atoms with Gasteiger partial charge in [0.25, 0.3) is 0 Å². The van der Waals surface area contributed by atoms with Crippen molar-refractivity contribution in [2.45, 2.75) is 30.5 Å². The van der Waals surface area contributed by atoms with Crippen LogP contribution in [-0.4, -0.2) is 19.4 Å². The molecule has 1 heterocycles. The number of rotatable bonds is 5. The lowest BCUT2D eigenvalue weighted by Gasteiger charge is -2.14. The van der Waals surface area contributed by atoms with E-state index in [0.29, 0.717) is 6.42 Å². The molecule has 1 unspecified atom stereocenters. The van der Waals surface area contributed by atoms with Gasteiger partial charge in [0.1, 0.15) is 0 Å². The Balaban J connectivity index is 1.74. The molecule has 0 fully saturated rings. The fraction of sp³-hybridized carbons (Fsp3) is 0.222. The summed E-state index contributed by atoms with van der Waals surface area (Å²) < 4.78 is 65.1. The van der Waals surface area contributed by atoms with Crippen molar-refractivity contribution < 1.29 is 21.6 Å². The summed E-state index contributed by atoms with van der Waals surface area (Å²) >= 11 is 0. The Kier molecular flexibility index (Phi) is 4.81. The Hall–Kier alpha value is -2.32. The van der Waals surface area contributed by atoms with E-state index in [4.69, 9.17) is 0 Å². The second-order valence-electron chi connectivity index (χ2n) is 6.11. The van der Waals surface area contributed by atoms with Crippen LogP contribution in [0.2, 0.25) is 0 Å². The molecular weight excluding hydrogens is 365 g/mol. The number of aromatic amines is 1. The van der Waals surface area contributed by atoms with Gasteiger partial charge in [-0.05, 0) is 49.2 Å². The minimum Gasteiger partial charge on any atom is -0.361 e. The topological polar surface area (TPSA) is 62.0 Å². The SMILES string of the molecule is CC(Cc1c[nH]c2ccccc12)NS(=O)(=O)c1ccc(C(F)(F)F)cc1. The molecule has 0 saturated heterocycles. The number of para-hydroxylation sites is 1. The van der Waals surface area contributed by atoms with Crippen molar-refractivity contribution >= 4 is 20.9 Å². The summed E-state index contributed by atoms with van der Waals surface area (Å²) in [5, 5.41) is 1.01. The number of hydrogen-bond donors (Lipinski definition) is 2. The van der Waals surface area contributed by atoms with E-state index in [0.717, 1.165) is 40.7 Å². The quantitative estimate of drug-likeness (QED) is 0.698. The van der Waals surface area contributed by atoms with Crippen LogP contribution >= 0.6 is 0 Å². The standard InChI is InChI=1S/C18H17F3N2O2S/c1-12(10-13-11-22-17-5-3-2-4-16(13)17)23-26(24,25)15-8-6-14(7-9-15)18(19,20)21/h2-9,11-12,22-23H,10H2,1H3. The van der Waals surface area contributed by atoms with E-state index in [2.05, 4.69) is 9.71 Å². The van der Waals surface area contributed by atoms with Crippen molar-refractivity contribution in [3.8, 4) is 0 Å². The molecule has 1 aromatic heterocycles. The molecular formula is C18H17F3N2O2S. The van der Waals surface area contributed by atoms with Crippen molar-refractivity contribution in [3.63, 3.8) is 0 Å². The third-order valence-corrected chi connectivity index (χ3v) is 5.65. The molecule has 0 aliphatic carbocycles. The molecule has 3 aromatic rings. The van der Waals surface area contributed by atoms with Gasteiger partial charge < -0.3 is 4.98 Å². The predicted molar refractivity (Wildman–Crippen MR) is 93.2 cm³/mol. The Bertz CT molecular complexity index is 1010. The van der Waals surface area contributed by atoms with Gasteiger partial charge in [0.2, 0.25) is 10.0 Å². The Morgan fingerprint density at radius 3 is 2.38 bits per heavy atom. The number of halogens is 3. The highest BCUT2D eigenvalue weighted by Crippen LogP contribution is 2.29. The molecule has 0 bridgehead atoms. The molecule has 0 radical (unpaired) electrons. The number of nitrogens with one attached hydrogen (secondary N) is 2. The lowest BCUT2D eigenvalue weighted by molar-refractivity contribution is -0.137. The number of H-pyrrole nitrogens is 1. The molecule has 138 valence electrons. The fourth-order valence-electron chi connectivity index (χ4n) is 2.83. The van der Waals surface area contributed by atoms with E-state index in [1.165, 1.54) is 0 Å². The van der Waals surface area contributed by atoms with Crippen LogP contribution < -0.4 is 4.72 Å². The summed E-state index contributed by atoms with van der Waals surface area (Å²) in [6.07, 6.45) is -2.23. The third kappa shape index (κ3) is 3.91. The van der Waals surface area contributed by atoms with E-state index in [1.54, 1.807) is 6.92 Å². The Labute approximate surface area is 149 Å². The van der Waals surface area contributed by atoms with Gasteiger partial charge in [-0.3, -0.25) is 0 Å². The summed E-state index contributed by atoms with van der Waals surface area (Å²) in [7, 11) is -3.91. The summed E-state index contributed by atoms with van der Waals surface area (Å²) in [6.45, 7) is 1.71. The molecule has 3 rings (SSSR count). The van der Waals surface area contributed by atoms with Crippen molar-refractivity contribution in [1.29, 1.82) is 0 Å². The van der Waals surface area contributed by atoms with Crippen LogP contribution in [0.25, 0.3) is 10.9 Å². The van der Waals surface area contributed by atoms with Gasteiger partial charge in [-0.25, -0.2) is 13.1 Å². The van der Waals surface area contributed by atoms with E-state index in [1.807, 2.05) is 30.5 Å².